The van der Waals surface area contributed by atoms with E-state index in [9.17, 15) is 13.8 Å². The third kappa shape index (κ3) is 5.30. The van der Waals surface area contributed by atoms with Crippen LogP contribution in [0.1, 0.15) is 24.2 Å². The van der Waals surface area contributed by atoms with Gasteiger partial charge in [-0.3, -0.25) is 9.00 Å². The molecule has 8 heteroatoms. The molecule has 2 aromatic carbocycles. The molecule has 26 heavy (non-hydrogen) atoms. The molecule has 0 bridgehead atoms. The molecule has 0 fully saturated rings. The molecule has 138 valence electrons. The van der Waals surface area contributed by atoms with Crippen LogP contribution in [0.15, 0.2) is 47.4 Å². The summed E-state index contributed by atoms with van der Waals surface area (Å²) in [6.07, 6.45) is -1.07. The molecule has 2 aromatic rings. The van der Waals surface area contributed by atoms with E-state index in [0.717, 1.165) is 0 Å². The average Bonchev–Trinajstić information content (AvgIpc) is 2.59. The van der Waals surface area contributed by atoms with Gasteiger partial charge in [-0.1, -0.05) is 42.3 Å². The van der Waals surface area contributed by atoms with Gasteiger partial charge in [0, 0.05) is 21.5 Å². The molecule has 0 aromatic heterocycles. The quantitative estimate of drug-likeness (QED) is 0.716. The van der Waals surface area contributed by atoms with Crippen molar-refractivity contribution in [2.75, 3.05) is 11.1 Å². The van der Waals surface area contributed by atoms with Crippen molar-refractivity contribution in [2.24, 2.45) is 0 Å². The summed E-state index contributed by atoms with van der Waals surface area (Å²) in [5, 5.41) is 3.32. The zero-order valence-corrected chi connectivity index (χ0v) is 16.5. The average molecular weight is 414 g/mol. The molecule has 0 radical (unpaired) electrons. The van der Waals surface area contributed by atoms with Crippen LogP contribution in [0.4, 0.5) is 5.69 Å². The standard InChI is InChI=1S/C18H17Cl2NO4S/c1-3-26(24)16-7-5-4-6-15(16)18(23)25-11(2)17(22)21-14-9-12(19)8-13(20)10-14/h4-11H,3H2,1-2H3,(H,21,22). The highest BCUT2D eigenvalue weighted by Gasteiger charge is 2.22. The minimum atomic E-state index is -1.32. The third-order valence-electron chi connectivity index (χ3n) is 3.40. The van der Waals surface area contributed by atoms with Gasteiger partial charge in [0.05, 0.1) is 21.3 Å². The number of carbonyl (C=O) groups is 2. The molecule has 0 aliphatic carbocycles. The number of amides is 1. The fourth-order valence-corrected chi connectivity index (χ4v) is 3.60. The van der Waals surface area contributed by atoms with Crippen LogP contribution in [0.3, 0.4) is 0 Å². The summed E-state index contributed by atoms with van der Waals surface area (Å²) in [5.74, 6) is -0.879. The number of carbonyl (C=O) groups excluding carboxylic acids is 2. The number of hydrogen-bond acceptors (Lipinski definition) is 4. The molecule has 5 nitrogen and oxygen atoms in total. The Bertz CT molecular complexity index is 837. The second-order valence-electron chi connectivity index (χ2n) is 5.33. The van der Waals surface area contributed by atoms with E-state index in [0.29, 0.717) is 26.4 Å². The van der Waals surface area contributed by atoms with Gasteiger partial charge in [0.1, 0.15) is 0 Å². The number of esters is 1. The zero-order valence-electron chi connectivity index (χ0n) is 14.1. The largest absolute Gasteiger partial charge is 0.449 e. The van der Waals surface area contributed by atoms with E-state index in [4.69, 9.17) is 27.9 Å². The van der Waals surface area contributed by atoms with Gasteiger partial charge in [0.25, 0.3) is 5.91 Å². The fourth-order valence-electron chi connectivity index (χ4n) is 2.14. The summed E-state index contributed by atoms with van der Waals surface area (Å²) in [6.45, 7) is 3.20. The molecule has 0 aliphatic heterocycles. The highest BCUT2D eigenvalue weighted by Crippen LogP contribution is 2.23. The molecule has 2 unspecified atom stereocenters. The molecule has 0 saturated carbocycles. The molecule has 0 aliphatic rings. The van der Waals surface area contributed by atoms with Gasteiger partial charge in [0.2, 0.25) is 0 Å². The molecule has 2 atom stereocenters. The maximum Gasteiger partial charge on any atom is 0.340 e. The molecule has 0 spiro atoms. The molecule has 0 saturated heterocycles. The Morgan fingerprint density at radius 1 is 1.15 bits per heavy atom. The topological polar surface area (TPSA) is 72.5 Å². The molecular formula is C18H17Cl2NO4S. The van der Waals surface area contributed by atoms with E-state index >= 15 is 0 Å². The van der Waals surface area contributed by atoms with Gasteiger partial charge < -0.3 is 10.1 Å². The first kappa shape index (κ1) is 20.4. The summed E-state index contributed by atoms with van der Waals surface area (Å²) in [6, 6.07) is 11.1. The van der Waals surface area contributed by atoms with E-state index in [1.54, 1.807) is 25.1 Å². The van der Waals surface area contributed by atoms with Crippen LogP contribution >= 0.6 is 23.2 Å². The summed E-state index contributed by atoms with van der Waals surface area (Å²) >= 11 is 11.8. The molecule has 2 rings (SSSR count). The van der Waals surface area contributed by atoms with Crippen LogP contribution in [-0.2, 0) is 20.3 Å². The number of benzene rings is 2. The number of rotatable bonds is 6. The molecule has 0 heterocycles. The number of nitrogens with one attached hydrogen (secondary N) is 1. The van der Waals surface area contributed by atoms with Crippen LogP contribution in [0.2, 0.25) is 10.0 Å². The van der Waals surface area contributed by atoms with Crippen molar-refractivity contribution < 1.29 is 18.5 Å². The Labute approximate surface area is 164 Å². The van der Waals surface area contributed by atoms with E-state index < -0.39 is 28.8 Å². The Morgan fingerprint density at radius 2 is 1.77 bits per heavy atom. The van der Waals surface area contributed by atoms with E-state index in [2.05, 4.69) is 5.32 Å². The first-order valence-corrected chi connectivity index (χ1v) is 9.84. The SMILES string of the molecule is CCS(=O)c1ccccc1C(=O)OC(C)C(=O)Nc1cc(Cl)cc(Cl)c1. The smallest absolute Gasteiger partial charge is 0.340 e. The highest BCUT2D eigenvalue weighted by atomic mass is 35.5. The minimum Gasteiger partial charge on any atom is -0.449 e. The van der Waals surface area contributed by atoms with Crippen molar-refractivity contribution in [3.63, 3.8) is 0 Å². The van der Waals surface area contributed by atoms with Gasteiger partial charge >= 0.3 is 5.97 Å². The van der Waals surface area contributed by atoms with Crippen LogP contribution in [0.5, 0.6) is 0 Å². The maximum atomic E-state index is 12.4. The summed E-state index contributed by atoms with van der Waals surface area (Å²) in [4.78, 5) is 25.0. The Kier molecular flexibility index (Phi) is 7.20. The van der Waals surface area contributed by atoms with Gasteiger partial charge in [-0.05, 0) is 37.3 Å². The first-order valence-electron chi connectivity index (χ1n) is 7.77. The first-order chi connectivity index (χ1) is 12.3. The van der Waals surface area contributed by atoms with Crippen molar-refractivity contribution in [1.82, 2.24) is 0 Å². The van der Waals surface area contributed by atoms with Crippen LogP contribution in [0, 0.1) is 0 Å². The monoisotopic (exact) mass is 413 g/mol. The van der Waals surface area contributed by atoms with Crippen molar-refractivity contribution in [2.45, 2.75) is 24.8 Å². The number of hydrogen-bond donors (Lipinski definition) is 1. The number of halogens is 2. The Balaban J connectivity index is 2.09. The molecule has 1 N–H and O–H groups in total. The van der Waals surface area contributed by atoms with Gasteiger partial charge in [0.15, 0.2) is 6.10 Å². The van der Waals surface area contributed by atoms with Gasteiger partial charge in [-0.25, -0.2) is 4.79 Å². The van der Waals surface area contributed by atoms with Crippen LogP contribution in [-0.4, -0.2) is 27.9 Å². The normalized spacial score (nSPS) is 12.9. The lowest BCUT2D eigenvalue weighted by Gasteiger charge is -2.15. The summed E-state index contributed by atoms with van der Waals surface area (Å²) in [7, 11) is -1.32. The second kappa shape index (κ2) is 9.16. The second-order valence-corrected chi connectivity index (χ2v) is 7.91. The highest BCUT2D eigenvalue weighted by molar-refractivity contribution is 7.85. The maximum absolute atomic E-state index is 12.4. The zero-order chi connectivity index (χ0) is 19.3. The molecule has 1 amide bonds. The van der Waals surface area contributed by atoms with E-state index in [-0.39, 0.29) is 5.56 Å². The number of anilines is 1. The minimum absolute atomic E-state index is 0.179. The van der Waals surface area contributed by atoms with E-state index in [1.165, 1.54) is 31.2 Å². The summed E-state index contributed by atoms with van der Waals surface area (Å²) in [5.41, 5.74) is 0.570. The van der Waals surface area contributed by atoms with E-state index in [1.807, 2.05) is 0 Å². The predicted octanol–water partition coefficient (Wildman–Crippen LogP) is 4.30. The lowest BCUT2D eigenvalue weighted by Crippen LogP contribution is -2.30. The van der Waals surface area contributed by atoms with Gasteiger partial charge in [-0.2, -0.15) is 0 Å². The van der Waals surface area contributed by atoms with Crippen molar-refractivity contribution >= 4 is 51.6 Å². The Morgan fingerprint density at radius 3 is 2.38 bits per heavy atom. The fraction of sp³-hybridized carbons (Fsp3) is 0.222. The lowest BCUT2D eigenvalue weighted by atomic mass is 10.2. The third-order valence-corrected chi connectivity index (χ3v) is 5.20. The Hall–Kier alpha value is -1.89. The predicted molar refractivity (Wildman–Crippen MR) is 103 cm³/mol. The number of ether oxygens (including phenoxy) is 1. The van der Waals surface area contributed by atoms with Gasteiger partial charge in [-0.15, -0.1) is 0 Å². The van der Waals surface area contributed by atoms with Crippen molar-refractivity contribution in [3.05, 3.63) is 58.1 Å². The molecular weight excluding hydrogens is 397 g/mol. The van der Waals surface area contributed by atoms with Crippen molar-refractivity contribution in [1.29, 1.82) is 0 Å². The summed E-state index contributed by atoms with van der Waals surface area (Å²) < 4.78 is 17.3. The lowest BCUT2D eigenvalue weighted by molar-refractivity contribution is -0.123. The van der Waals surface area contributed by atoms with Crippen LogP contribution < -0.4 is 5.32 Å². The van der Waals surface area contributed by atoms with Crippen LogP contribution in [0.25, 0.3) is 0 Å². The van der Waals surface area contributed by atoms with Crippen molar-refractivity contribution in [3.8, 4) is 0 Å².